The lowest BCUT2D eigenvalue weighted by atomic mass is 9.95. The summed E-state index contributed by atoms with van der Waals surface area (Å²) in [6.45, 7) is 0. The second-order valence-corrected chi connectivity index (χ2v) is 7.65. The Morgan fingerprint density at radius 3 is 2.70 bits per heavy atom. The van der Waals surface area contributed by atoms with Crippen LogP contribution in [0.15, 0.2) is 40.6 Å². The summed E-state index contributed by atoms with van der Waals surface area (Å²) in [5.74, 6) is 0. The van der Waals surface area contributed by atoms with Gasteiger partial charge in [0.25, 0.3) is 0 Å². The number of thiophene rings is 1. The van der Waals surface area contributed by atoms with Gasteiger partial charge in [-0.1, -0.05) is 0 Å². The fourth-order valence-corrected chi connectivity index (χ4v) is 4.75. The van der Waals surface area contributed by atoms with E-state index in [4.69, 9.17) is 5.73 Å². The number of nitrogens with two attached hydrogens (primary N) is 1. The van der Waals surface area contributed by atoms with E-state index < -0.39 is 10.0 Å². The highest BCUT2D eigenvalue weighted by atomic mass is 32.2. The predicted molar refractivity (Wildman–Crippen MR) is 81.2 cm³/mol. The smallest absolute Gasteiger partial charge is 0.241 e. The molecule has 1 unspecified atom stereocenters. The van der Waals surface area contributed by atoms with Crippen molar-refractivity contribution in [1.29, 1.82) is 0 Å². The molecule has 0 fully saturated rings. The summed E-state index contributed by atoms with van der Waals surface area (Å²) in [4.78, 5) is 1.55. The van der Waals surface area contributed by atoms with Crippen LogP contribution in [0.2, 0.25) is 0 Å². The van der Waals surface area contributed by atoms with Gasteiger partial charge in [0.15, 0.2) is 0 Å². The minimum atomic E-state index is -3.50. The van der Waals surface area contributed by atoms with Crippen LogP contribution in [0.25, 0.3) is 0 Å². The molecule has 1 aromatic heterocycles. The largest absolute Gasteiger partial charge is 0.399 e. The minimum Gasteiger partial charge on any atom is -0.399 e. The van der Waals surface area contributed by atoms with Crippen LogP contribution in [-0.2, 0) is 16.4 Å². The molecule has 3 rings (SSSR count). The number of nitrogens with one attached hydrogen (secondary N) is 1. The lowest BCUT2D eigenvalue weighted by Crippen LogP contribution is -2.30. The fraction of sp³-hybridized carbons (Fsp3) is 0.286. The zero-order chi connectivity index (χ0) is 14.2. The number of aryl methyl sites for hydroxylation is 1. The number of anilines is 1. The molecule has 0 spiro atoms. The average Bonchev–Trinajstić information content (AvgIpc) is 2.88. The summed E-state index contributed by atoms with van der Waals surface area (Å²) in [5, 5.41) is 2.03. The molecular weight excluding hydrogens is 292 g/mol. The van der Waals surface area contributed by atoms with Crippen molar-refractivity contribution in [2.45, 2.75) is 30.2 Å². The van der Waals surface area contributed by atoms with Gasteiger partial charge in [0.1, 0.15) is 0 Å². The van der Waals surface area contributed by atoms with Crippen LogP contribution in [-0.4, -0.2) is 8.42 Å². The molecule has 0 saturated heterocycles. The molecule has 1 atom stereocenters. The van der Waals surface area contributed by atoms with Gasteiger partial charge in [0.2, 0.25) is 10.0 Å². The van der Waals surface area contributed by atoms with Crippen LogP contribution in [0.5, 0.6) is 0 Å². The normalized spacial score (nSPS) is 18.7. The number of rotatable bonds is 3. The Kier molecular flexibility index (Phi) is 3.54. The molecule has 1 aromatic carbocycles. The highest BCUT2D eigenvalue weighted by Crippen LogP contribution is 2.34. The third-order valence-corrected chi connectivity index (χ3v) is 6.02. The van der Waals surface area contributed by atoms with Gasteiger partial charge in [-0.05, 0) is 60.5 Å². The predicted octanol–water partition coefficient (Wildman–Crippen LogP) is 2.69. The second-order valence-electron chi connectivity index (χ2n) is 4.93. The first-order valence-corrected chi connectivity index (χ1v) is 8.87. The molecule has 2 aromatic rings. The molecule has 0 radical (unpaired) electrons. The molecular formula is C14H16N2O2S2. The highest BCUT2D eigenvalue weighted by Gasteiger charge is 2.26. The Labute approximate surface area is 122 Å². The van der Waals surface area contributed by atoms with E-state index in [1.165, 1.54) is 17.0 Å². The van der Waals surface area contributed by atoms with Gasteiger partial charge < -0.3 is 5.73 Å². The van der Waals surface area contributed by atoms with Crippen molar-refractivity contribution in [3.8, 4) is 0 Å². The van der Waals surface area contributed by atoms with E-state index in [9.17, 15) is 8.42 Å². The summed E-state index contributed by atoms with van der Waals surface area (Å²) < 4.78 is 27.6. The Morgan fingerprint density at radius 2 is 1.95 bits per heavy atom. The molecule has 20 heavy (non-hydrogen) atoms. The second kappa shape index (κ2) is 5.20. The van der Waals surface area contributed by atoms with Crippen molar-refractivity contribution in [3.05, 3.63) is 46.2 Å². The van der Waals surface area contributed by atoms with E-state index in [-0.39, 0.29) is 10.9 Å². The summed E-state index contributed by atoms with van der Waals surface area (Å²) in [7, 11) is -3.50. The Morgan fingerprint density at radius 1 is 1.20 bits per heavy atom. The first-order valence-electron chi connectivity index (χ1n) is 6.50. The van der Waals surface area contributed by atoms with E-state index in [2.05, 4.69) is 4.72 Å². The van der Waals surface area contributed by atoms with Crippen molar-refractivity contribution in [1.82, 2.24) is 4.72 Å². The molecule has 1 heterocycles. The van der Waals surface area contributed by atoms with Crippen molar-refractivity contribution < 1.29 is 8.42 Å². The van der Waals surface area contributed by atoms with Crippen LogP contribution in [0.3, 0.4) is 0 Å². The number of hydrogen-bond donors (Lipinski definition) is 2. The fourth-order valence-electron chi connectivity index (χ4n) is 2.51. The quantitative estimate of drug-likeness (QED) is 0.856. The summed E-state index contributed by atoms with van der Waals surface area (Å²) in [5.41, 5.74) is 7.27. The van der Waals surface area contributed by atoms with Gasteiger partial charge in [0.05, 0.1) is 4.90 Å². The van der Waals surface area contributed by atoms with Crippen LogP contribution >= 0.6 is 11.3 Å². The van der Waals surface area contributed by atoms with Crippen molar-refractivity contribution in [2.75, 3.05) is 5.73 Å². The van der Waals surface area contributed by atoms with E-state index in [1.807, 2.05) is 11.4 Å². The van der Waals surface area contributed by atoms with E-state index in [0.717, 1.165) is 24.8 Å². The van der Waals surface area contributed by atoms with E-state index in [0.29, 0.717) is 5.69 Å². The number of nitrogen functional groups attached to an aromatic ring is 1. The number of fused-ring (bicyclic) bond motifs is 1. The Bertz CT molecular complexity index is 705. The maximum atomic E-state index is 12.4. The number of hydrogen-bond acceptors (Lipinski definition) is 4. The van der Waals surface area contributed by atoms with Crippen molar-refractivity contribution in [2.24, 2.45) is 0 Å². The maximum Gasteiger partial charge on any atom is 0.241 e. The standard InChI is InChI=1S/C14H16N2O2S2/c15-10-4-6-11(7-5-10)20(17,18)16-13-2-1-3-14-12(13)8-9-19-14/h4-9,13,16H,1-3,15H2. The summed E-state index contributed by atoms with van der Waals surface area (Å²) >= 11 is 1.70. The third-order valence-electron chi connectivity index (χ3n) is 3.54. The molecule has 0 amide bonds. The van der Waals surface area contributed by atoms with Gasteiger partial charge in [-0.3, -0.25) is 0 Å². The molecule has 0 aliphatic heterocycles. The van der Waals surface area contributed by atoms with Crippen molar-refractivity contribution in [3.63, 3.8) is 0 Å². The first kappa shape index (κ1) is 13.6. The summed E-state index contributed by atoms with van der Waals surface area (Å²) in [6.07, 6.45) is 2.91. The molecule has 1 aliphatic carbocycles. The molecule has 106 valence electrons. The summed E-state index contributed by atoms with van der Waals surface area (Å²) in [6, 6.07) is 8.18. The van der Waals surface area contributed by atoms with Gasteiger partial charge >= 0.3 is 0 Å². The van der Waals surface area contributed by atoms with Crippen molar-refractivity contribution >= 4 is 27.0 Å². The Hall–Kier alpha value is -1.37. The third kappa shape index (κ3) is 2.59. The first-order chi connectivity index (χ1) is 9.56. The number of benzene rings is 1. The number of sulfonamides is 1. The topological polar surface area (TPSA) is 72.2 Å². The van der Waals surface area contributed by atoms with Crippen LogP contribution < -0.4 is 10.5 Å². The highest BCUT2D eigenvalue weighted by molar-refractivity contribution is 7.89. The van der Waals surface area contributed by atoms with E-state index >= 15 is 0 Å². The maximum absolute atomic E-state index is 12.4. The van der Waals surface area contributed by atoms with Gasteiger partial charge in [-0.25, -0.2) is 13.1 Å². The SMILES string of the molecule is Nc1ccc(S(=O)(=O)NC2CCCc3sccc32)cc1. The lowest BCUT2D eigenvalue weighted by Gasteiger charge is -2.23. The molecule has 6 heteroatoms. The van der Waals surface area contributed by atoms with Gasteiger partial charge in [0, 0.05) is 16.6 Å². The molecule has 0 saturated carbocycles. The lowest BCUT2D eigenvalue weighted by molar-refractivity contribution is 0.511. The molecule has 4 nitrogen and oxygen atoms in total. The zero-order valence-corrected chi connectivity index (χ0v) is 12.5. The monoisotopic (exact) mass is 308 g/mol. The minimum absolute atomic E-state index is 0.118. The van der Waals surface area contributed by atoms with E-state index in [1.54, 1.807) is 23.5 Å². The average molecular weight is 308 g/mol. The molecule has 0 bridgehead atoms. The molecule has 3 N–H and O–H groups in total. The zero-order valence-electron chi connectivity index (χ0n) is 10.9. The van der Waals surface area contributed by atoms with Gasteiger partial charge in [-0.15, -0.1) is 11.3 Å². The van der Waals surface area contributed by atoms with Gasteiger partial charge in [-0.2, -0.15) is 0 Å². The Balaban J connectivity index is 1.86. The van der Waals surface area contributed by atoms with Crippen LogP contribution in [0, 0.1) is 0 Å². The molecule has 1 aliphatic rings. The van der Waals surface area contributed by atoms with Crippen LogP contribution in [0.1, 0.15) is 29.3 Å². The van der Waals surface area contributed by atoms with Crippen LogP contribution in [0.4, 0.5) is 5.69 Å².